The summed E-state index contributed by atoms with van der Waals surface area (Å²) < 4.78 is 0. The topological polar surface area (TPSA) is 40.5 Å². The van der Waals surface area contributed by atoms with Crippen molar-refractivity contribution in [1.29, 1.82) is 0 Å². The third kappa shape index (κ3) is 0.856. The second kappa shape index (κ2) is 2.18. The number of hydrogen-bond donors (Lipinski definition) is 2. The van der Waals surface area contributed by atoms with Crippen molar-refractivity contribution >= 4 is 0 Å². The minimum Gasteiger partial charge on any atom is -0.390 e. The molecule has 2 bridgehead atoms. The molecule has 3 aliphatic rings. The van der Waals surface area contributed by atoms with Crippen molar-refractivity contribution in [1.82, 2.24) is 0 Å². The molecule has 3 aliphatic carbocycles. The standard InChI is InChI=1S/C11H16O2/c1-11(13)5-8-6-2-3-7(4-6)9(8)10(11)12/h2-3,6-10,12-13H,4-5H2,1H3/t6-,7-,8-,9-,10-,11+/m0/s1. The van der Waals surface area contributed by atoms with Crippen LogP contribution in [0.4, 0.5) is 0 Å². The van der Waals surface area contributed by atoms with E-state index >= 15 is 0 Å². The maximum absolute atomic E-state index is 9.97. The number of allylic oxidation sites excluding steroid dienone is 2. The van der Waals surface area contributed by atoms with E-state index < -0.39 is 11.7 Å². The molecule has 0 radical (unpaired) electrons. The van der Waals surface area contributed by atoms with Gasteiger partial charge in [-0.1, -0.05) is 12.2 Å². The zero-order valence-corrected chi connectivity index (χ0v) is 7.85. The van der Waals surface area contributed by atoms with Crippen molar-refractivity contribution < 1.29 is 10.2 Å². The number of rotatable bonds is 0. The monoisotopic (exact) mass is 180 g/mol. The zero-order chi connectivity index (χ0) is 9.22. The Morgan fingerprint density at radius 1 is 1.31 bits per heavy atom. The molecular weight excluding hydrogens is 164 g/mol. The van der Waals surface area contributed by atoms with Gasteiger partial charge in [-0.2, -0.15) is 0 Å². The first-order valence-electron chi connectivity index (χ1n) is 5.18. The molecule has 3 rings (SSSR count). The van der Waals surface area contributed by atoms with Gasteiger partial charge in [0.1, 0.15) is 0 Å². The Kier molecular flexibility index (Phi) is 1.34. The van der Waals surface area contributed by atoms with E-state index in [-0.39, 0.29) is 0 Å². The molecule has 0 aromatic rings. The Morgan fingerprint density at radius 3 is 2.69 bits per heavy atom. The Labute approximate surface area is 78.3 Å². The van der Waals surface area contributed by atoms with E-state index in [1.807, 2.05) is 0 Å². The SMILES string of the molecule is C[C@@]1(O)C[C@@H]2[C@H]([C@H]3C=C[C@H]2C3)[C@@H]1O. The number of fused-ring (bicyclic) bond motifs is 5. The van der Waals surface area contributed by atoms with Gasteiger partial charge in [-0.15, -0.1) is 0 Å². The fourth-order valence-corrected chi connectivity index (χ4v) is 3.73. The lowest BCUT2D eigenvalue weighted by Crippen LogP contribution is -2.38. The summed E-state index contributed by atoms with van der Waals surface area (Å²) in [7, 11) is 0. The van der Waals surface area contributed by atoms with Gasteiger partial charge in [0.15, 0.2) is 0 Å². The van der Waals surface area contributed by atoms with Gasteiger partial charge in [0.2, 0.25) is 0 Å². The molecule has 0 amide bonds. The van der Waals surface area contributed by atoms with Crippen LogP contribution in [0.15, 0.2) is 12.2 Å². The van der Waals surface area contributed by atoms with E-state index in [2.05, 4.69) is 12.2 Å². The van der Waals surface area contributed by atoms with Gasteiger partial charge in [0, 0.05) is 0 Å². The fraction of sp³-hybridized carbons (Fsp3) is 0.818. The van der Waals surface area contributed by atoms with Crippen molar-refractivity contribution in [3.8, 4) is 0 Å². The summed E-state index contributed by atoms with van der Waals surface area (Å²) in [6.07, 6.45) is 6.00. The molecule has 0 saturated heterocycles. The van der Waals surface area contributed by atoms with Crippen molar-refractivity contribution in [3.05, 3.63) is 12.2 Å². The molecular formula is C11H16O2. The lowest BCUT2D eigenvalue weighted by Gasteiger charge is -2.26. The minimum absolute atomic E-state index is 0.338. The van der Waals surface area contributed by atoms with Gasteiger partial charge >= 0.3 is 0 Å². The van der Waals surface area contributed by atoms with E-state index in [1.165, 1.54) is 6.42 Å². The van der Waals surface area contributed by atoms with E-state index in [0.717, 1.165) is 6.42 Å². The molecule has 0 aromatic carbocycles. The zero-order valence-electron chi connectivity index (χ0n) is 7.85. The van der Waals surface area contributed by atoms with Crippen LogP contribution in [0.3, 0.4) is 0 Å². The highest BCUT2D eigenvalue weighted by molar-refractivity contribution is 5.20. The maximum Gasteiger partial charge on any atom is 0.0883 e. The normalized spacial score (nSPS) is 63.2. The molecule has 2 N–H and O–H groups in total. The average Bonchev–Trinajstić information content (AvgIpc) is 2.65. The second-order valence-corrected chi connectivity index (χ2v) is 5.20. The second-order valence-electron chi connectivity index (χ2n) is 5.20. The maximum atomic E-state index is 9.97. The predicted octanol–water partition coefficient (Wildman–Crippen LogP) is 0.940. The van der Waals surface area contributed by atoms with Gasteiger partial charge in [-0.25, -0.2) is 0 Å². The van der Waals surface area contributed by atoms with E-state index in [9.17, 15) is 10.2 Å². The smallest absolute Gasteiger partial charge is 0.0883 e. The first-order valence-corrected chi connectivity index (χ1v) is 5.18. The molecule has 0 heterocycles. The van der Waals surface area contributed by atoms with Crippen molar-refractivity contribution in [2.45, 2.75) is 31.5 Å². The molecule has 2 heteroatoms. The van der Waals surface area contributed by atoms with Crippen LogP contribution in [0.25, 0.3) is 0 Å². The van der Waals surface area contributed by atoms with Gasteiger partial charge in [0.05, 0.1) is 11.7 Å². The summed E-state index contributed by atoms with van der Waals surface area (Å²) in [6.45, 7) is 1.77. The van der Waals surface area contributed by atoms with Crippen LogP contribution < -0.4 is 0 Å². The first kappa shape index (κ1) is 8.01. The van der Waals surface area contributed by atoms with E-state index in [4.69, 9.17) is 0 Å². The Hall–Kier alpha value is -0.340. The highest BCUT2D eigenvalue weighted by atomic mass is 16.3. The summed E-state index contributed by atoms with van der Waals surface area (Å²) in [6, 6.07) is 0. The molecule has 72 valence electrons. The predicted molar refractivity (Wildman–Crippen MR) is 49.0 cm³/mol. The molecule has 0 aliphatic heterocycles. The Morgan fingerprint density at radius 2 is 2.00 bits per heavy atom. The third-order valence-electron chi connectivity index (χ3n) is 4.34. The van der Waals surface area contributed by atoms with Crippen LogP contribution >= 0.6 is 0 Å². The Balaban J connectivity index is 1.96. The van der Waals surface area contributed by atoms with Gasteiger partial charge in [0.25, 0.3) is 0 Å². The molecule has 0 unspecified atom stereocenters. The van der Waals surface area contributed by atoms with Crippen LogP contribution in [0.2, 0.25) is 0 Å². The summed E-state index contributed by atoms with van der Waals surface area (Å²) in [5.74, 6) is 2.06. The molecule has 0 spiro atoms. The Bertz CT molecular complexity index is 269. The summed E-state index contributed by atoms with van der Waals surface area (Å²) in [5.41, 5.74) is -0.835. The first-order chi connectivity index (χ1) is 6.09. The number of aliphatic hydroxyl groups excluding tert-OH is 1. The van der Waals surface area contributed by atoms with Gasteiger partial charge in [-0.05, 0) is 43.4 Å². The van der Waals surface area contributed by atoms with Crippen LogP contribution in [-0.2, 0) is 0 Å². The molecule has 0 aromatic heterocycles. The van der Waals surface area contributed by atoms with Crippen LogP contribution in [-0.4, -0.2) is 21.9 Å². The highest BCUT2D eigenvalue weighted by Gasteiger charge is 2.58. The molecule has 6 atom stereocenters. The lowest BCUT2D eigenvalue weighted by atomic mass is 9.85. The fourth-order valence-electron chi connectivity index (χ4n) is 3.73. The lowest BCUT2D eigenvalue weighted by molar-refractivity contribution is -0.0589. The van der Waals surface area contributed by atoms with E-state index in [0.29, 0.717) is 23.7 Å². The van der Waals surface area contributed by atoms with Crippen LogP contribution in [0.5, 0.6) is 0 Å². The van der Waals surface area contributed by atoms with E-state index in [1.54, 1.807) is 6.92 Å². The van der Waals surface area contributed by atoms with Gasteiger partial charge < -0.3 is 10.2 Å². The third-order valence-corrected chi connectivity index (χ3v) is 4.34. The molecule has 2 nitrogen and oxygen atoms in total. The quantitative estimate of drug-likeness (QED) is 0.545. The molecule has 13 heavy (non-hydrogen) atoms. The summed E-state index contributed by atoms with van der Waals surface area (Å²) in [5, 5.41) is 19.9. The van der Waals surface area contributed by atoms with Crippen LogP contribution in [0.1, 0.15) is 19.8 Å². The largest absolute Gasteiger partial charge is 0.390 e. The summed E-state index contributed by atoms with van der Waals surface area (Å²) in [4.78, 5) is 0. The summed E-state index contributed by atoms with van der Waals surface area (Å²) >= 11 is 0. The van der Waals surface area contributed by atoms with Crippen molar-refractivity contribution in [3.63, 3.8) is 0 Å². The van der Waals surface area contributed by atoms with Gasteiger partial charge in [-0.3, -0.25) is 0 Å². The number of hydrogen-bond acceptors (Lipinski definition) is 2. The number of aliphatic hydroxyl groups is 2. The van der Waals surface area contributed by atoms with Crippen molar-refractivity contribution in [2.75, 3.05) is 0 Å². The minimum atomic E-state index is -0.835. The highest BCUT2D eigenvalue weighted by Crippen LogP contribution is 2.57. The molecule has 2 fully saturated rings. The van der Waals surface area contributed by atoms with Crippen LogP contribution in [0, 0.1) is 23.7 Å². The van der Waals surface area contributed by atoms with Crippen molar-refractivity contribution in [2.24, 2.45) is 23.7 Å². The average molecular weight is 180 g/mol. The molecule has 2 saturated carbocycles.